The molecule has 1 N–H and O–H groups in total. The van der Waals surface area contributed by atoms with E-state index in [9.17, 15) is 9.90 Å². The van der Waals surface area contributed by atoms with Crippen molar-refractivity contribution in [2.75, 3.05) is 6.61 Å². The van der Waals surface area contributed by atoms with E-state index in [0.717, 1.165) is 36.4 Å². The molecular weight excluding hydrogens is 751 g/mol. The Morgan fingerprint density at radius 2 is 1.31 bits per heavy atom. The Bertz CT molecular complexity index is 1420. The van der Waals surface area contributed by atoms with E-state index in [-0.39, 0.29) is 57.7 Å². The minimum atomic E-state index is -2.21. The number of Topliss-reactive ketones (excluding diaryl/α,β-unsaturated/α-hetero) is 1. The van der Waals surface area contributed by atoms with E-state index in [2.05, 4.69) is 154 Å². The van der Waals surface area contributed by atoms with Gasteiger partial charge in [0.25, 0.3) is 0 Å². The third-order valence-electron chi connectivity index (χ3n) is 13.5. The standard InChI is InChI=1S/C45H87NO5SSi3/c1-32(26-27-38(49-53(17,18)42(6,7)8)34(3)30-37-31-52-36(5)46-37)24-23-25-33(2)40(51-55(21,22)44(12,13)14)35(4)41(48)45(15,16)39(28-29-47)50-54(19,20)43(9,10)11/h26,30-31,33,35,38-40,47H,23-25,27-29H2,1-22H3/b32-26-,34-30+/t33-,35+,38-,39-,40-/m1/s1. The molecule has 0 unspecified atom stereocenters. The summed E-state index contributed by atoms with van der Waals surface area (Å²) in [6.45, 7) is 49.0. The van der Waals surface area contributed by atoms with Crippen molar-refractivity contribution in [3.63, 3.8) is 0 Å². The van der Waals surface area contributed by atoms with Crippen LogP contribution in [0, 0.1) is 24.2 Å². The molecule has 320 valence electrons. The molecule has 1 heterocycles. The summed E-state index contributed by atoms with van der Waals surface area (Å²) in [6.07, 6.45) is 8.27. The molecule has 0 spiro atoms. The number of aliphatic hydroxyl groups is 1. The van der Waals surface area contributed by atoms with E-state index in [1.807, 2.05) is 13.8 Å². The van der Waals surface area contributed by atoms with Crippen LogP contribution in [0.25, 0.3) is 6.08 Å². The monoisotopic (exact) mass is 838 g/mol. The maximum atomic E-state index is 14.7. The number of hydrogen-bond donors (Lipinski definition) is 1. The Hall–Kier alpha value is -0.729. The Labute approximate surface area is 347 Å². The van der Waals surface area contributed by atoms with Crippen LogP contribution in [-0.2, 0) is 18.1 Å². The number of aliphatic hydroxyl groups excluding tert-OH is 1. The molecule has 10 heteroatoms. The van der Waals surface area contributed by atoms with Crippen molar-refractivity contribution < 1.29 is 23.2 Å². The Morgan fingerprint density at radius 3 is 1.76 bits per heavy atom. The first-order valence-electron chi connectivity index (χ1n) is 21.1. The van der Waals surface area contributed by atoms with Gasteiger partial charge in [0.2, 0.25) is 0 Å². The first kappa shape index (κ1) is 52.3. The van der Waals surface area contributed by atoms with E-state index in [0.29, 0.717) is 6.42 Å². The minimum Gasteiger partial charge on any atom is -0.413 e. The molecule has 6 nitrogen and oxygen atoms in total. The van der Waals surface area contributed by atoms with Crippen LogP contribution in [0.15, 0.2) is 22.6 Å². The average Bonchev–Trinajstić information content (AvgIpc) is 3.42. The van der Waals surface area contributed by atoms with Gasteiger partial charge in [-0.25, -0.2) is 4.98 Å². The van der Waals surface area contributed by atoms with Gasteiger partial charge in [-0.15, -0.1) is 11.3 Å². The number of rotatable bonds is 21. The lowest BCUT2D eigenvalue weighted by Crippen LogP contribution is -2.54. The number of aryl methyl sites for hydroxylation is 1. The number of hydrogen-bond acceptors (Lipinski definition) is 7. The number of aromatic nitrogens is 1. The number of allylic oxidation sites excluding steroid dienone is 1. The molecule has 1 aromatic heterocycles. The van der Waals surface area contributed by atoms with Crippen LogP contribution < -0.4 is 0 Å². The first-order chi connectivity index (χ1) is 24.6. The Morgan fingerprint density at radius 1 is 0.818 bits per heavy atom. The Balaban J connectivity index is 3.33. The maximum Gasteiger partial charge on any atom is 0.192 e. The van der Waals surface area contributed by atoms with Gasteiger partial charge in [0.1, 0.15) is 5.78 Å². The van der Waals surface area contributed by atoms with Gasteiger partial charge < -0.3 is 18.4 Å². The normalized spacial score (nSPS) is 17.6. The lowest BCUT2D eigenvalue weighted by atomic mass is 9.73. The molecule has 0 fully saturated rings. The third kappa shape index (κ3) is 15.1. The fourth-order valence-corrected chi connectivity index (χ4v) is 11.1. The summed E-state index contributed by atoms with van der Waals surface area (Å²) in [5.41, 5.74) is 2.82. The maximum absolute atomic E-state index is 14.7. The summed E-state index contributed by atoms with van der Waals surface area (Å²) in [6, 6.07) is 0. The summed E-state index contributed by atoms with van der Waals surface area (Å²) < 4.78 is 21.2. The molecule has 0 saturated carbocycles. The summed E-state index contributed by atoms with van der Waals surface area (Å²) in [4.78, 5) is 19.4. The predicted molar refractivity (Wildman–Crippen MR) is 248 cm³/mol. The summed E-state index contributed by atoms with van der Waals surface area (Å²) in [5, 5.41) is 13.5. The van der Waals surface area contributed by atoms with Crippen molar-refractivity contribution in [3.05, 3.63) is 33.3 Å². The van der Waals surface area contributed by atoms with Gasteiger partial charge in [0.05, 0.1) is 29.0 Å². The zero-order valence-electron chi connectivity index (χ0n) is 39.8. The minimum absolute atomic E-state index is 0.00429. The highest BCUT2D eigenvalue weighted by Gasteiger charge is 2.49. The number of ketones is 1. The molecule has 0 radical (unpaired) electrons. The lowest BCUT2D eigenvalue weighted by Gasteiger charge is -2.46. The van der Waals surface area contributed by atoms with Gasteiger partial charge in [0.15, 0.2) is 25.0 Å². The van der Waals surface area contributed by atoms with E-state index in [1.54, 1.807) is 11.3 Å². The van der Waals surface area contributed by atoms with Crippen LogP contribution in [0.5, 0.6) is 0 Å². The molecule has 5 atom stereocenters. The smallest absolute Gasteiger partial charge is 0.192 e. The first-order valence-corrected chi connectivity index (χ1v) is 30.7. The van der Waals surface area contributed by atoms with Crippen molar-refractivity contribution in [2.45, 2.75) is 216 Å². The van der Waals surface area contributed by atoms with Crippen LogP contribution >= 0.6 is 11.3 Å². The van der Waals surface area contributed by atoms with Crippen LogP contribution in [0.3, 0.4) is 0 Å². The quantitative estimate of drug-likeness (QED) is 0.0981. The highest BCUT2D eigenvalue weighted by Crippen LogP contribution is 2.44. The molecule has 0 aliphatic heterocycles. The van der Waals surface area contributed by atoms with Gasteiger partial charge >= 0.3 is 0 Å². The molecule has 0 amide bonds. The molecule has 0 saturated heterocycles. The summed E-state index contributed by atoms with van der Waals surface area (Å²) in [5.74, 6) is 0.0421. The molecule has 0 aliphatic rings. The topological polar surface area (TPSA) is 77.9 Å². The van der Waals surface area contributed by atoms with Crippen molar-refractivity contribution >= 4 is 48.1 Å². The van der Waals surface area contributed by atoms with Crippen molar-refractivity contribution in [3.8, 4) is 0 Å². The Kier molecular flexibility index (Phi) is 19.0. The summed E-state index contributed by atoms with van der Waals surface area (Å²) >= 11 is 1.68. The van der Waals surface area contributed by atoms with Crippen LogP contribution in [0.1, 0.15) is 147 Å². The van der Waals surface area contributed by atoms with Crippen LogP contribution in [-0.4, -0.2) is 65.7 Å². The molecular formula is C45H87NO5SSi3. The van der Waals surface area contributed by atoms with Gasteiger partial charge in [-0.3, -0.25) is 4.79 Å². The molecule has 1 aromatic rings. The zero-order valence-corrected chi connectivity index (χ0v) is 43.6. The third-order valence-corrected chi connectivity index (χ3v) is 27.7. The second-order valence-corrected chi connectivity index (χ2v) is 37.1. The average molecular weight is 839 g/mol. The molecule has 1 rings (SSSR count). The van der Waals surface area contributed by atoms with Gasteiger partial charge in [-0.1, -0.05) is 102 Å². The molecule has 0 aliphatic carbocycles. The highest BCUT2D eigenvalue weighted by atomic mass is 32.1. The van der Waals surface area contributed by atoms with Crippen molar-refractivity contribution in [2.24, 2.45) is 17.3 Å². The van der Waals surface area contributed by atoms with Gasteiger partial charge in [-0.2, -0.15) is 0 Å². The fraction of sp³-hybridized carbons (Fsp3) is 0.822. The summed E-state index contributed by atoms with van der Waals surface area (Å²) in [7, 11) is -6.42. The lowest BCUT2D eigenvalue weighted by molar-refractivity contribution is -0.141. The highest BCUT2D eigenvalue weighted by molar-refractivity contribution is 7.09. The number of thiazole rings is 1. The molecule has 55 heavy (non-hydrogen) atoms. The molecule has 0 aromatic carbocycles. The number of carbonyl (C=O) groups is 1. The van der Waals surface area contributed by atoms with Crippen molar-refractivity contribution in [1.82, 2.24) is 4.98 Å². The predicted octanol–water partition coefficient (Wildman–Crippen LogP) is 13.8. The second kappa shape index (κ2) is 20.0. The number of nitrogens with zero attached hydrogens (tertiary/aromatic N) is 1. The van der Waals surface area contributed by atoms with Crippen LogP contribution in [0.4, 0.5) is 0 Å². The largest absolute Gasteiger partial charge is 0.413 e. The molecule has 0 bridgehead atoms. The van der Waals surface area contributed by atoms with Gasteiger partial charge in [0, 0.05) is 23.3 Å². The SMILES string of the molecule is C/C(=C/C[C@@H](O[Si](C)(C)C(C)(C)C)/C(C)=C/c1csc(C)n1)CCC[C@@H](C)[C@@H](O[Si](C)(C)C(C)(C)C)[C@H](C)C(=O)C(C)(C)[C@@H](CCO)O[Si](C)(C)C(C)(C)C. The zero-order chi connectivity index (χ0) is 43.2. The van der Waals surface area contributed by atoms with Crippen molar-refractivity contribution in [1.29, 1.82) is 0 Å². The van der Waals surface area contributed by atoms with E-state index < -0.39 is 30.4 Å². The van der Waals surface area contributed by atoms with Gasteiger partial charge in [-0.05, 0) is 125 Å². The fourth-order valence-electron chi connectivity index (χ4n) is 6.25. The van der Waals surface area contributed by atoms with E-state index >= 15 is 0 Å². The van der Waals surface area contributed by atoms with Crippen LogP contribution in [0.2, 0.25) is 54.4 Å². The van der Waals surface area contributed by atoms with E-state index in [4.69, 9.17) is 18.3 Å². The number of carbonyl (C=O) groups excluding carboxylic acids is 1. The second-order valence-electron chi connectivity index (χ2n) is 21.8. The van der Waals surface area contributed by atoms with E-state index in [1.165, 1.54) is 11.1 Å².